The van der Waals surface area contributed by atoms with Gasteiger partial charge in [-0.25, -0.2) is 4.98 Å². The molecular formula is C20H19FN4O2. The van der Waals surface area contributed by atoms with E-state index < -0.39 is 17.5 Å². The van der Waals surface area contributed by atoms with Crippen molar-refractivity contribution in [2.45, 2.75) is 19.4 Å². The van der Waals surface area contributed by atoms with Crippen LogP contribution in [0, 0.1) is 5.95 Å². The van der Waals surface area contributed by atoms with E-state index >= 15 is 0 Å². The zero-order valence-electron chi connectivity index (χ0n) is 14.9. The van der Waals surface area contributed by atoms with Crippen LogP contribution < -0.4 is 11.1 Å². The van der Waals surface area contributed by atoms with E-state index in [1.165, 1.54) is 24.5 Å². The number of aliphatic hydroxyl groups is 1. The Morgan fingerprint density at radius 3 is 2.41 bits per heavy atom. The summed E-state index contributed by atoms with van der Waals surface area (Å²) in [6, 6.07) is 11.1. The van der Waals surface area contributed by atoms with Crippen LogP contribution in [-0.2, 0) is 5.60 Å². The third kappa shape index (κ3) is 4.27. The first-order valence-corrected chi connectivity index (χ1v) is 8.26. The molecule has 0 bridgehead atoms. The van der Waals surface area contributed by atoms with E-state index in [4.69, 9.17) is 5.73 Å². The summed E-state index contributed by atoms with van der Waals surface area (Å²) in [6.07, 6.45) is 2.86. The van der Waals surface area contributed by atoms with Gasteiger partial charge in [0.25, 0.3) is 5.91 Å². The zero-order valence-corrected chi connectivity index (χ0v) is 14.9. The minimum absolute atomic E-state index is 0.191. The van der Waals surface area contributed by atoms with Crippen molar-refractivity contribution in [2.24, 2.45) is 0 Å². The normalized spacial score (nSPS) is 11.3. The van der Waals surface area contributed by atoms with Gasteiger partial charge in [-0.3, -0.25) is 9.78 Å². The summed E-state index contributed by atoms with van der Waals surface area (Å²) in [5.41, 5.74) is 7.93. The third-order valence-electron chi connectivity index (χ3n) is 4.06. The van der Waals surface area contributed by atoms with Crippen molar-refractivity contribution in [3.8, 4) is 11.1 Å². The molecule has 6 nitrogen and oxygen atoms in total. The van der Waals surface area contributed by atoms with Gasteiger partial charge < -0.3 is 16.2 Å². The van der Waals surface area contributed by atoms with E-state index in [-0.39, 0.29) is 5.69 Å². The second kappa shape index (κ2) is 7.13. The number of amides is 1. The summed E-state index contributed by atoms with van der Waals surface area (Å²) in [7, 11) is 0. The first kappa shape index (κ1) is 18.5. The average molecular weight is 366 g/mol. The van der Waals surface area contributed by atoms with Crippen LogP contribution in [0.4, 0.5) is 15.8 Å². The van der Waals surface area contributed by atoms with Crippen LogP contribution in [0.25, 0.3) is 11.1 Å². The molecule has 0 saturated carbocycles. The standard InChI is InChI=1S/C20H19FN4O2/c1-20(2,27)14-5-7-16(23-11-14)19(26)25-17-9-12(3-6-15(17)22)13-4-8-18(21)24-10-13/h3-11,27H,22H2,1-2H3,(H,25,26). The largest absolute Gasteiger partial charge is 0.397 e. The van der Waals surface area contributed by atoms with Gasteiger partial charge in [0.2, 0.25) is 5.95 Å². The van der Waals surface area contributed by atoms with Crippen molar-refractivity contribution in [1.29, 1.82) is 0 Å². The number of carbonyl (C=O) groups excluding carboxylic acids is 1. The predicted molar refractivity (Wildman–Crippen MR) is 101 cm³/mol. The summed E-state index contributed by atoms with van der Waals surface area (Å²) < 4.78 is 13.0. The quantitative estimate of drug-likeness (QED) is 0.486. The third-order valence-corrected chi connectivity index (χ3v) is 4.06. The molecule has 0 saturated heterocycles. The maximum Gasteiger partial charge on any atom is 0.274 e. The number of nitrogens with zero attached hydrogens (tertiary/aromatic N) is 2. The molecule has 4 N–H and O–H groups in total. The molecule has 0 aliphatic rings. The molecule has 1 aromatic carbocycles. The van der Waals surface area contributed by atoms with Crippen LogP contribution in [0.3, 0.4) is 0 Å². The van der Waals surface area contributed by atoms with Crippen LogP contribution in [-0.4, -0.2) is 21.0 Å². The first-order chi connectivity index (χ1) is 12.7. The van der Waals surface area contributed by atoms with Crippen molar-refractivity contribution in [3.05, 3.63) is 72.1 Å². The fourth-order valence-electron chi connectivity index (χ4n) is 2.47. The number of rotatable bonds is 4. The highest BCUT2D eigenvalue weighted by atomic mass is 19.1. The van der Waals surface area contributed by atoms with Crippen LogP contribution >= 0.6 is 0 Å². The molecule has 2 aromatic heterocycles. The van der Waals surface area contributed by atoms with E-state index in [9.17, 15) is 14.3 Å². The molecule has 0 atom stereocenters. The number of hydrogen-bond acceptors (Lipinski definition) is 5. The van der Waals surface area contributed by atoms with Gasteiger partial charge in [-0.15, -0.1) is 0 Å². The molecule has 0 aliphatic carbocycles. The molecule has 7 heteroatoms. The van der Waals surface area contributed by atoms with E-state index in [2.05, 4.69) is 15.3 Å². The molecule has 2 heterocycles. The lowest BCUT2D eigenvalue weighted by Crippen LogP contribution is -2.18. The Hall–Kier alpha value is -3.32. The maximum absolute atomic E-state index is 13.0. The van der Waals surface area contributed by atoms with Crippen LogP contribution in [0.5, 0.6) is 0 Å². The van der Waals surface area contributed by atoms with E-state index in [0.717, 1.165) is 5.56 Å². The Labute approximate surface area is 155 Å². The molecule has 27 heavy (non-hydrogen) atoms. The molecule has 3 rings (SSSR count). The van der Waals surface area contributed by atoms with Crippen molar-refractivity contribution in [1.82, 2.24) is 9.97 Å². The summed E-state index contributed by atoms with van der Waals surface area (Å²) in [5.74, 6) is -0.998. The Morgan fingerprint density at radius 2 is 1.81 bits per heavy atom. The van der Waals surface area contributed by atoms with E-state index in [1.54, 1.807) is 44.2 Å². The van der Waals surface area contributed by atoms with Gasteiger partial charge in [-0.2, -0.15) is 4.39 Å². The van der Waals surface area contributed by atoms with Crippen molar-refractivity contribution < 1.29 is 14.3 Å². The highest BCUT2D eigenvalue weighted by Crippen LogP contribution is 2.27. The number of nitrogens with one attached hydrogen (secondary N) is 1. The Kier molecular flexibility index (Phi) is 4.87. The Balaban J connectivity index is 1.83. The van der Waals surface area contributed by atoms with Gasteiger partial charge >= 0.3 is 0 Å². The Morgan fingerprint density at radius 1 is 1.07 bits per heavy atom. The van der Waals surface area contributed by atoms with Gasteiger partial charge in [0.15, 0.2) is 0 Å². The SMILES string of the molecule is CC(C)(O)c1ccc(C(=O)Nc2cc(-c3ccc(F)nc3)ccc2N)nc1. The second-order valence-electron chi connectivity index (χ2n) is 6.62. The number of halogens is 1. The highest BCUT2D eigenvalue weighted by molar-refractivity contribution is 6.04. The zero-order chi connectivity index (χ0) is 19.6. The topological polar surface area (TPSA) is 101 Å². The number of aromatic nitrogens is 2. The fraction of sp³-hybridized carbons (Fsp3) is 0.150. The molecular weight excluding hydrogens is 347 g/mol. The van der Waals surface area contributed by atoms with Crippen LogP contribution in [0.15, 0.2) is 54.9 Å². The van der Waals surface area contributed by atoms with Gasteiger partial charge in [0.05, 0.1) is 17.0 Å². The molecule has 0 fully saturated rings. The van der Waals surface area contributed by atoms with Gasteiger partial charge in [0.1, 0.15) is 5.69 Å². The van der Waals surface area contributed by atoms with Crippen molar-refractivity contribution in [2.75, 3.05) is 11.1 Å². The summed E-state index contributed by atoms with van der Waals surface area (Å²) in [6.45, 7) is 3.28. The first-order valence-electron chi connectivity index (χ1n) is 8.26. The van der Waals surface area contributed by atoms with Crippen molar-refractivity contribution >= 4 is 17.3 Å². The number of pyridine rings is 2. The lowest BCUT2D eigenvalue weighted by atomic mass is 10.0. The highest BCUT2D eigenvalue weighted by Gasteiger charge is 2.17. The van der Waals surface area contributed by atoms with Crippen LogP contribution in [0.2, 0.25) is 0 Å². The van der Waals surface area contributed by atoms with E-state index in [1.807, 2.05) is 0 Å². The smallest absolute Gasteiger partial charge is 0.274 e. The minimum Gasteiger partial charge on any atom is -0.397 e. The van der Waals surface area contributed by atoms with Gasteiger partial charge in [-0.05, 0) is 49.7 Å². The monoisotopic (exact) mass is 366 g/mol. The lowest BCUT2D eigenvalue weighted by Gasteiger charge is -2.17. The molecule has 138 valence electrons. The molecule has 0 radical (unpaired) electrons. The molecule has 0 aliphatic heterocycles. The van der Waals surface area contributed by atoms with Crippen molar-refractivity contribution in [3.63, 3.8) is 0 Å². The fourth-order valence-corrected chi connectivity index (χ4v) is 2.47. The van der Waals surface area contributed by atoms with Gasteiger partial charge in [-0.1, -0.05) is 12.1 Å². The summed E-state index contributed by atoms with van der Waals surface area (Å²) >= 11 is 0. The number of nitrogens with two attached hydrogens (primary N) is 1. The molecule has 0 spiro atoms. The average Bonchev–Trinajstić information content (AvgIpc) is 2.63. The van der Waals surface area contributed by atoms with E-state index in [0.29, 0.717) is 22.5 Å². The number of benzene rings is 1. The lowest BCUT2D eigenvalue weighted by molar-refractivity contribution is 0.0780. The van der Waals surface area contributed by atoms with Gasteiger partial charge in [0, 0.05) is 23.5 Å². The number of carbonyl (C=O) groups is 1. The summed E-state index contributed by atoms with van der Waals surface area (Å²) in [4.78, 5) is 20.2. The molecule has 0 unspecified atom stereocenters. The predicted octanol–water partition coefficient (Wildman–Crippen LogP) is 3.34. The Bertz CT molecular complexity index is 965. The number of nitrogen functional groups attached to an aromatic ring is 1. The van der Waals surface area contributed by atoms with Crippen LogP contribution in [0.1, 0.15) is 29.9 Å². The second-order valence-corrected chi connectivity index (χ2v) is 6.62. The minimum atomic E-state index is -1.04. The summed E-state index contributed by atoms with van der Waals surface area (Å²) in [5, 5.41) is 12.7. The molecule has 1 amide bonds. The number of anilines is 2. The number of hydrogen-bond donors (Lipinski definition) is 3. The maximum atomic E-state index is 13.0. The molecule has 3 aromatic rings.